The van der Waals surface area contributed by atoms with Crippen LogP contribution in [0.2, 0.25) is 0 Å². The summed E-state index contributed by atoms with van der Waals surface area (Å²) in [6, 6.07) is 2.65. The van der Waals surface area contributed by atoms with Crippen molar-refractivity contribution in [2.24, 2.45) is 13.0 Å². The second-order valence-electron chi connectivity index (χ2n) is 5.04. The zero-order valence-corrected chi connectivity index (χ0v) is 11.2. The summed E-state index contributed by atoms with van der Waals surface area (Å²) in [5, 5.41) is 15.6. The molecule has 0 aliphatic heterocycles. The summed E-state index contributed by atoms with van der Waals surface area (Å²) in [6.45, 7) is 0. The van der Waals surface area contributed by atoms with Crippen LogP contribution in [0.1, 0.15) is 36.2 Å². The van der Waals surface area contributed by atoms with Crippen molar-refractivity contribution in [2.45, 2.75) is 31.7 Å². The van der Waals surface area contributed by atoms with Crippen LogP contribution >= 0.6 is 0 Å². The van der Waals surface area contributed by atoms with Crippen molar-refractivity contribution < 1.29 is 14.7 Å². The Morgan fingerprint density at radius 2 is 1.95 bits per heavy atom. The van der Waals surface area contributed by atoms with Crippen molar-refractivity contribution in [2.75, 3.05) is 0 Å². The molecule has 108 valence electrons. The first kappa shape index (κ1) is 14.2. The van der Waals surface area contributed by atoms with Gasteiger partial charge in [-0.15, -0.1) is 0 Å². The normalized spacial score (nSPS) is 22.2. The van der Waals surface area contributed by atoms with Crippen LogP contribution in [0.25, 0.3) is 0 Å². The molecular formula is C13H17N3O4. The molecule has 0 bridgehead atoms. The van der Waals surface area contributed by atoms with Gasteiger partial charge in [0.1, 0.15) is 5.69 Å². The van der Waals surface area contributed by atoms with Crippen LogP contribution in [0, 0.1) is 5.92 Å². The Labute approximate surface area is 115 Å². The lowest BCUT2D eigenvalue weighted by Gasteiger charge is -2.26. The van der Waals surface area contributed by atoms with E-state index < -0.39 is 5.97 Å². The molecule has 1 heterocycles. The molecular weight excluding hydrogens is 262 g/mol. The van der Waals surface area contributed by atoms with E-state index in [2.05, 4.69) is 10.4 Å². The molecule has 1 aliphatic carbocycles. The van der Waals surface area contributed by atoms with E-state index in [-0.39, 0.29) is 29.1 Å². The number of nitrogens with zero attached hydrogens (tertiary/aromatic N) is 2. The Hall–Kier alpha value is -2.18. The minimum absolute atomic E-state index is 0.0304. The number of nitrogens with one attached hydrogen (secondary N) is 1. The maximum absolute atomic E-state index is 12.0. The van der Waals surface area contributed by atoms with E-state index in [0.29, 0.717) is 25.7 Å². The molecule has 1 aromatic heterocycles. The Kier molecular flexibility index (Phi) is 4.16. The lowest BCUT2D eigenvalue weighted by Crippen LogP contribution is -2.39. The van der Waals surface area contributed by atoms with Gasteiger partial charge in [0.15, 0.2) is 0 Å². The fourth-order valence-corrected chi connectivity index (χ4v) is 2.37. The predicted molar refractivity (Wildman–Crippen MR) is 70.3 cm³/mol. The molecule has 7 heteroatoms. The van der Waals surface area contributed by atoms with Gasteiger partial charge in [0.2, 0.25) is 0 Å². The first-order valence-corrected chi connectivity index (χ1v) is 6.55. The number of aromatic nitrogens is 2. The molecule has 2 rings (SSSR count). The van der Waals surface area contributed by atoms with E-state index in [1.807, 2.05) is 0 Å². The maximum atomic E-state index is 12.0. The van der Waals surface area contributed by atoms with Gasteiger partial charge < -0.3 is 10.4 Å². The number of aryl methyl sites for hydroxylation is 1. The van der Waals surface area contributed by atoms with Gasteiger partial charge in [-0.2, -0.15) is 5.10 Å². The predicted octanol–water partition coefficient (Wildman–Crippen LogP) is 0.153. The van der Waals surface area contributed by atoms with Crippen molar-refractivity contribution in [1.29, 1.82) is 0 Å². The third-order valence-corrected chi connectivity index (χ3v) is 3.60. The standard InChI is InChI=1S/C13H17N3O4/c1-16-11(17)7-6-10(15-16)12(18)14-9-4-2-8(3-5-9)13(19)20/h6-9H,2-5H2,1H3,(H,14,18)(H,19,20). The van der Waals surface area contributed by atoms with Gasteiger partial charge in [-0.25, -0.2) is 4.68 Å². The monoisotopic (exact) mass is 279 g/mol. The Bertz CT molecular complexity index is 573. The fraction of sp³-hybridized carbons (Fsp3) is 0.538. The second kappa shape index (κ2) is 5.85. The first-order valence-electron chi connectivity index (χ1n) is 6.55. The third-order valence-electron chi connectivity index (χ3n) is 3.60. The number of carbonyl (C=O) groups is 2. The highest BCUT2D eigenvalue weighted by atomic mass is 16.4. The van der Waals surface area contributed by atoms with Crippen LogP contribution in [-0.2, 0) is 11.8 Å². The molecule has 1 saturated carbocycles. The summed E-state index contributed by atoms with van der Waals surface area (Å²) in [7, 11) is 1.48. The summed E-state index contributed by atoms with van der Waals surface area (Å²) < 4.78 is 1.11. The number of hydrogen-bond donors (Lipinski definition) is 2. The fourth-order valence-electron chi connectivity index (χ4n) is 2.37. The number of hydrogen-bond acceptors (Lipinski definition) is 4. The Balaban J connectivity index is 1.94. The Morgan fingerprint density at radius 3 is 2.50 bits per heavy atom. The van der Waals surface area contributed by atoms with Crippen molar-refractivity contribution in [3.05, 3.63) is 28.2 Å². The van der Waals surface area contributed by atoms with Gasteiger partial charge in [-0.1, -0.05) is 0 Å². The van der Waals surface area contributed by atoms with Crippen molar-refractivity contribution in [3.8, 4) is 0 Å². The van der Waals surface area contributed by atoms with Crippen molar-refractivity contribution >= 4 is 11.9 Å². The number of aliphatic carboxylic acids is 1. The number of carbonyl (C=O) groups excluding carboxylic acids is 1. The van der Waals surface area contributed by atoms with E-state index >= 15 is 0 Å². The SMILES string of the molecule is Cn1nc(C(=O)NC2CCC(C(=O)O)CC2)ccc1=O. The smallest absolute Gasteiger partial charge is 0.306 e. The lowest BCUT2D eigenvalue weighted by molar-refractivity contribution is -0.142. The molecule has 0 aromatic carbocycles. The molecule has 7 nitrogen and oxygen atoms in total. The summed E-state index contributed by atoms with van der Waals surface area (Å²) in [5.41, 5.74) is -0.0871. The van der Waals surface area contributed by atoms with E-state index in [1.54, 1.807) is 0 Å². The topological polar surface area (TPSA) is 101 Å². The summed E-state index contributed by atoms with van der Waals surface area (Å²) in [5.74, 6) is -1.41. The van der Waals surface area contributed by atoms with E-state index in [1.165, 1.54) is 19.2 Å². The number of amides is 1. The molecule has 0 unspecified atom stereocenters. The zero-order valence-electron chi connectivity index (χ0n) is 11.2. The molecule has 0 saturated heterocycles. The van der Waals surface area contributed by atoms with Gasteiger partial charge in [-0.05, 0) is 31.7 Å². The molecule has 0 atom stereocenters. The van der Waals surface area contributed by atoms with Crippen LogP contribution in [-0.4, -0.2) is 32.8 Å². The number of carboxylic acid groups (broad SMARTS) is 1. The average molecular weight is 279 g/mol. The molecule has 0 radical (unpaired) electrons. The highest BCUT2D eigenvalue weighted by molar-refractivity contribution is 5.92. The van der Waals surface area contributed by atoms with Gasteiger partial charge in [-0.3, -0.25) is 14.4 Å². The van der Waals surface area contributed by atoms with Crippen molar-refractivity contribution in [1.82, 2.24) is 15.1 Å². The van der Waals surface area contributed by atoms with Crippen LogP contribution in [0.15, 0.2) is 16.9 Å². The molecule has 2 N–H and O–H groups in total. The van der Waals surface area contributed by atoms with E-state index in [9.17, 15) is 14.4 Å². The summed E-state index contributed by atoms with van der Waals surface area (Å²) in [6.07, 6.45) is 2.44. The van der Waals surface area contributed by atoms with Gasteiger partial charge >= 0.3 is 5.97 Å². The summed E-state index contributed by atoms with van der Waals surface area (Å²) >= 11 is 0. The van der Waals surface area contributed by atoms with Crippen LogP contribution in [0.5, 0.6) is 0 Å². The highest BCUT2D eigenvalue weighted by Gasteiger charge is 2.27. The maximum Gasteiger partial charge on any atom is 0.306 e. The molecule has 1 amide bonds. The minimum Gasteiger partial charge on any atom is -0.481 e. The van der Waals surface area contributed by atoms with Gasteiger partial charge in [0, 0.05) is 19.2 Å². The van der Waals surface area contributed by atoms with Gasteiger partial charge in [0.25, 0.3) is 11.5 Å². The zero-order chi connectivity index (χ0) is 14.7. The van der Waals surface area contributed by atoms with Crippen LogP contribution in [0.4, 0.5) is 0 Å². The van der Waals surface area contributed by atoms with Crippen LogP contribution < -0.4 is 10.9 Å². The third kappa shape index (κ3) is 3.23. The molecule has 1 fully saturated rings. The quantitative estimate of drug-likeness (QED) is 0.820. The molecule has 1 aliphatic rings. The van der Waals surface area contributed by atoms with Crippen molar-refractivity contribution in [3.63, 3.8) is 0 Å². The number of rotatable bonds is 3. The second-order valence-corrected chi connectivity index (χ2v) is 5.04. The average Bonchev–Trinajstić information content (AvgIpc) is 2.42. The largest absolute Gasteiger partial charge is 0.481 e. The lowest BCUT2D eigenvalue weighted by atomic mass is 9.86. The first-order chi connectivity index (χ1) is 9.47. The van der Waals surface area contributed by atoms with E-state index in [0.717, 1.165) is 4.68 Å². The Morgan fingerprint density at radius 1 is 1.30 bits per heavy atom. The van der Waals surface area contributed by atoms with Crippen LogP contribution in [0.3, 0.4) is 0 Å². The van der Waals surface area contributed by atoms with Gasteiger partial charge in [0.05, 0.1) is 5.92 Å². The number of carboxylic acids is 1. The molecule has 0 spiro atoms. The molecule has 1 aromatic rings. The highest BCUT2D eigenvalue weighted by Crippen LogP contribution is 2.24. The van der Waals surface area contributed by atoms with E-state index in [4.69, 9.17) is 5.11 Å². The summed E-state index contributed by atoms with van der Waals surface area (Å²) in [4.78, 5) is 34.0. The molecule has 20 heavy (non-hydrogen) atoms. The minimum atomic E-state index is -0.769.